The van der Waals surface area contributed by atoms with Crippen LogP contribution in [0.1, 0.15) is 22.3 Å². The van der Waals surface area contributed by atoms with Crippen LogP contribution in [0.4, 0.5) is 0 Å². The molecular weight excluding hydrogens is 178 g/mol. The largest absolute Gasteiger partial charge is 0.343 e. The molecule has 0 bridgehead atoms. The number of amides is 1. The monoisotopic (exact) mass is 189 g/mol. The molecule has 0 saturated heterocycles. The summed E-state index contributed by atoms with van der Waals surface area (Å²) in [6.07, 6.45) is 2.26. The molecule has 1 aliphatic rings. The zero-order valence-electron chi connectivity index (χ0n) is 7.69. The van der Waals surface area contributed by atoms with Gasteiger partial charge in [-0.25, -0.2) is 0 Å². The number of benzene rings is 1. The molecule has 1 atom stereocenters. The molecule has 14 heavy (non-hydrogen) atoms. The lowest BCUT2D eigenvalue weighted by molar-refractivity contribution is -0.109. The lowest BCUT2D eigenvalue weighted by Gasteiger charge is -2.06. The maximum atomic E-state index is 11.6. The van der Waals surface area contributed by atoms with Crippen LogP contribution in [0.2, 0.25) is 0 Å². The molecule has 3 heteroatoms. The Morgan fingerprint density at radius 1 is 1.36 bits per heavy atom. The van der Waals surface area contributed by atoms with Crippen molar-refractivity contribution < 1.29 is 9.59 Å². The van der Waals surface area contributed by atoms with Gasteiger partial charge in [0, 0.05) is 5.56 Å². The molecule has 0 aromatic heterocycles. The number of aldehydes is 1. The first-order valence-corrected chi connectivity index (χ1v) is 4.65. The quantitative estimate of drug-likeness (QED) is 0.668. The van der Waals surface area contributed by atoms with Crippen molar-refractivity contribution >= 4 is 12.2 Å². The minimum Gasteiger partial charge on any atom is -0.343 e. The number of rotatable bonds is 1. The molecular formula is C11H11NO2. The smallest absolute Gasteiger partial charge is 0.252 e. The summed E-state index contributed by atoms with van der Waals surface area (Å²) in [6, 6.07) is 7.13. The highest BCUT2D eigenvalue weighted by Gasteiger charge is 2.19. The Balaban J connectivity index is 2.36. The van der Waals surface area contributed by atoms with Crippen molar-refractivity contribution in [3.05, 3.63) is 35.4 Å². The topological polar surface area (TPSA) is 46.2 Å². The first-order chi connectivity index (χ1) is 6.81. The number of fused-ring (bicyclic) bond motifs is 1. The third-order valence-electron chi connectivity index (χ3n) is 2.47. The van der Waals surface area contributed by atoms with Crippen LogP contribution in [0.5, 0.6) is 0 Å². The molecule has 3 nitrogen and oxygen atoms in total. The van der Waals surface area contributed by atoms with Gasteiger partial charge in [0.25, 0.3) is 5.91 Å². The van der Waals surface area contributed by atoms with Gasteiger partial charge >= 0.3 is 0 Å². The van der Waals surface area contributed by atoms with E-state index in [1.807, 2.05) is 18.2 Å². The van der Waals surface area contributed by atoms with Crippen LogP contribution in [0.3, 0.4) is 0 Å². The summed E-state index contributed by atoms with van der Waals surface area (Å²) in [5.41, 5.74) is 1.71. The average molecular weight is 189 g/mol. The van der Waals surface area contributed by atoms with Gasteiger partial charge in [-0.1, -0.05) is 18.2 Å². The van der Waals surface area contributed by atoms with E-state index in [9.17, 15) is 9.59 Å². The van der Waals surface area contributed by atoms with Crippen molar-refractivity contribution in [1.82, 2.24) is 5.32 Å². The Kier molecular flexibility index (Phi) is 2.31. The van der Waals surface area contributed by atoms with Gasteiger partial charge in [-0.15, -0.1) is 0 Å². The Hall–Kier alpha value is -1.64. The maximum absolute atomic E-state index is 11.6. The van der Waals surface area contributed by atoms with Gasteiger partial charge in [0.1, 0.15) is 6.29 Å². The number of hydrogen-bond donors (Lipinski definition) is 1. The third kappa shape index (κ3) is 1.53. The summed E-state index contributed by atoms with van der Waals surface area (Å²) < 4.78 is 0. The van der Waals surface area contributed by atoms with Gasteiger partial charge in [0.15, 0.2) is 0 Å². The SMILES string of the molecule is O=CC1CCc2ccccc2C(=O)N1. The summed E-state index contributed by atoms with van der Waals surface area (Å²) in [5, 5.41) is 2.68. The maximum Gasteiger partial charge on any atom is 0.252 e. The molecule has 72 valence electrons. The number of carbonyl (C=O) groups is 2. The van der Waals surface area contributed by atoms with Gasteiger partial charge in [-0.05, 0) is 24.5 Å². The minimum atomic E-state index is -0.338. The summed E-state index contributed by atoms with van der Waals surface area (Å²) in [7, 11) is 0. The second-order valence-corrected chi connectivity index (χ2v) is 3.41. The van der Waals surface area contributed by atoms with E-state index in [1.54, 1.807) is 6.07 Å². The van der Waals surface area contributed by atoms with E-state index in [0.717, 1.165) is 18.3 Å². The molecule has 0 aliphatic carbocycles. The fourth-order valence-electron chi connectivity index (χ4n) is 1.69. The predicted molar refractivity (Wildman–Crippen MR) is 52.1 cm³/mol. The molecule has 1 N–H and O–H groups in total. The normalized spacial score (nSPS) is 20.6. The molecule has 1 aromatic rings. The van der Waals surface area contributed by atoms with E-state index in [4.69, 9.17) is 0 Å². The Morgan fingerprint density at radius 2 is 2.14 bits per heavy atom. The first-order valence-electron chi connectivity index (χ1n) is 4.65. The second-order valence-electron chi connectivity index (χ2n) is 3.41. The predicted octanol–water partition coefficient (Wildman–Crippen LogP) is 0.930. The molecule has 1 amide bonds. The van der Waals surface area contributed by atoms with Crippen LogP contribution in [0.15, 0.2) is 24.3 Å². The van der Waals surface area contributed by atoms with Crippen LogP contribution < -0.4 is 5.32 Å². The molecule has 0 radical (unpaired) electrons. The molecule has 1 aliphatic heterocycles. The zero-order chi connectivity index (χ0) is 9.97. The van der Waals surface area contributed by atoms with E-state index >= 15 is 0 Å². The van der Waals surface area contributed by atoms with Gasteiger partial charge < -0.3 is 10.1 Å². The molecule has 0 saturated carbocycles. The lowest BCUT2D eigenvalue weighted by atomic mass is 10.0. The van der Waals surface area contributed by atoms with Gasteiger partial charge in [-0.3, -0.25) is 4.79 Å². The molecule has 0 spiro atoms. The van der Waals surface area contributed by atoms with Gasteiger partial charge in [0.2, 0.25) is 0 Å². The van der Waals surface area contributed by atoms with E-state index < -0.39 is 0 Å². The molecule has 1 heterocycles. The van der Waals surface area contributed by atoms with E-state index in [0.29, 0.717) is 12.0 Å². The van der Waals surface area contributed by atoms with E-state index in [2.05, 4.69) is 5.32 Å². The van der Waals surface area contributed by atoms with Gasteiger partial charge in [-0.2, -0.15) is 0 Å². The van der Waals surface area contributed by atoms with Crippen LogP contribution >= 0.6 is 0 Å². The Labute approximate surface area is 82.1 Å². The van der Waals surface area contributed by atoms with Crippen molar-refractivity contribution in [2.45, 2.75) is 18.9 Å². The molecule has 1 aromatic carbocycles. The third-order valence-corrected chi connectivity index (χ3v) is 2.47. The van der Waals surface area contributed by atoms with E-state index in [1.165, 1.54) is 0 Å². The number of aryl methyl sites for hydroxylation is 1. The van der Waals surface area contributed by atoms with E-state index in [-0.39, 0.29) is 11.9 Å². The summed E-state index contributed by atoms with van der Waals surface area (Å²) in [5.74, 6) is -0.143. The van der Waals surface area contributed by atoms with Crippen LogP contribution in [-0.4, -0.2) is 18.2 Å². The summed E-state index contributed by atoms with van der Waals surface area (Å²) in [4.78, 5) is 22.2. The van der Waals surface area contributed by atoms with Crippen molar-refractivity contribution in [1.29, 1.82) is 0 Å². The first kappa shape index (κ1) is 8.94. The van der Waals surface area contributed by atoms with Crippen LogP contribution in [0, 0.1) is 0 Å². The average Bonchev–Trinajstić information content (AvgIpc) is 2.39. The molecule has 1 unspecified atom stereocenters. The molecule has 2 rings (SSSR count). The highest BCUT2D eigenvalue weighted by atomic mass is 16.2. The number of hydrogen-bond acceptors (Lipinski definition) is 2. The summed E-state index contributed by atoms with van der Waals surface area (Å²) in [6.45, 7) is 0. The highest BCUT2D eigenvalue weighted by Crippen LogP contribution is 2.15. The summed E-state index contributed by atoms with van der Waals surface area (Å²) >= 11 is 0. The Bertz CT molecular complexity index is 373. The Morgan fingerprint density at radius 3 is 2.93 bits per heavy atom. The van der Waals surface area contributed by atoms with Crippen LogP contribution in [0.25, 0.3) is 0 Å². The second kappa shape index (κ2) is 3.62. The fourth-order valence-corrected chi connectivity index (χ4v) is 1.69. The van der Waals surface area contributed by atoms with Crippen molar-refractivity contribution in [3.63, 3.8) is 0 Å². The highest BCUT2D eigenvalue weighted by molar-refractivity contribution is 5.97. The number of carbonyl (C=O) groups excluding carboxylic acids is 2. The fraction of sp³-hybridized carbons (Fsp3) is 0.273. The van der Waals surface area contributed by atoms with Crippen molar-refractivity contribution in [3.8, 4) is 0 Å². The standard InChI is InChI=1S/C11H11NO2/c13-7-9-6-5-8-3-1-2-4-10(8)11(14)12-9/h1-4,7,9H,5-6H2,(H,12,14). The molecule has 0 fully saturated rings. The number of nitrogens with one attached hydrogen (secondary N) is 1. The van der Waals surface area contributed by atoms with Crippen molar-refractivity contribution in [2.24, 2.45) is 0 Å². The zero-order valence-corrected chi connectivity index (χ0v) is 7.69. The lowest BCUT2D eigenvalue weighted by Crippen LogP contribution is -2.34. The van der Waals surface area contributed by atoms with Crippen LogP contribution in [-0.2, 0) is 11.2 Å². The minimum absolute atomic E-state index is 0.143. The van der Waals surface area contributed by atoms with Crippen molar-refractivity contribution in [2.75, 3.05) is 0 Å². The van der Waals surface area contributed by atoms with Gasteiger partial charge in [0.05, 0.1) is 6.04 Å².